The Morgan fingerprint density at radius 1 is 1.00 bits per heavy atom. The fraction of sp³-hybridized carbons (Fsp3) is 0.130. The molecule has 7 nitrogen and oxygen atoms in total. The van der Waals surface area contributed by atoms with Crippen LogP contribution in [-0.2, 0) is 6.54 Å². The average Bonchev–Trinajstić information content (AvgIpc) is 3.34. The molecule has 1 aromatic carbocycles. The van der Waals surface area contributed by atoms with Crippen LogP contribution in [0.3, 0.4) is 0 Å². The van der Waals surface area contributed by atoms with E-state index in [-0.39, 0.29) is 12.1 Å². The molecule has 1 atom stereocenters. The van der Waals surface area contributed by atoms with Crippen LogP contribution in [0.1, 0.15) is 24.1 Å². The predicted molar refractivity (Wildman–Crippen MR) is 115 cm³/mol. The third kappa shape index (κ3) is 4.70. The van der Waals surface area contributed by atoms with Gasteiger partial charge in [0.1, 0.15) is 0 Å². The molecule has 0 aliphatic carbocycles. The lowest BCUT2D eigenvalue weighted by Gasteiger charge is -2.16. The first-order valence-corrected chi connectivity index (χ1v) is 9.69. The molecule has 1 unspecified atom stereocenters. The smallest absolute Gasteiger partial charge is 0.315 e. The van der Waals surface area contributed by atoms with Gasteiger partial charge in [0.25, 0.3) is 0 Å². The highest BCUT2D eigenvalue weighted by Gasteiger charge is 2.10. The van der Waals surface area contributed by atoms with Crippen molar-refractivity contribution in [2.24, 2.45) is 0 Å². The SMILES string of the molecule is CC(NC(=O)NCc1ccc(-n2cccn2)nc1)c1ccc(-c2ccncc2)cc1. The first-order chi connectivity index (χ1) is 14.7. The van der Waals surface area contributed by atoms with E-state index in [0.717, 1.165) is 28.1 Å². The number of nitrogens with zero attached hydrogens (tertiary/aromatic N) is 4. The number of carbonyl (C=O) groups is 1. The summed E-state index contributed by atoms with van der Waals surface area (Å²) >= 11 is 0. The Labute approximate surface area is 174 Å². The zero-order chi connectivity index (χ0) is 20.8. The summed E-state index contributed by atoms with van der Waals surface area (Å²) < 4.78 is 1.69. The van der Waals surface area contributed by atoms with E-state index in [4.69, 9.17) is 0 Å². The molecule has 0 aliphatic rings. The molecular weight excluding hydrogens is 376 g/mol. The van der Waals surface area contributed by atoms with Crippen LogP contribution in [-0.4, -0.2) is 25.8 Å². The maximum absolute atomic E-state index is 12.3. The minimum Gasteiger partial charge on any atom is -0.334 e. The van der Waals surface area contributed by atoms with Crippen LogP contribution >= 0.6 is 0 Å². The summed E-state index contributed by atoms with van der Waals surface area (Å²) in [5.41, 5.74) is 4.18. The molecule has 7 heteroatoms. The van der Waals surface area contributed by atoms with Crippen molar-refractivity contribution in [1.82, 2.24) is 30.4 Å². The minimum absolute atomic E-state index is 0.114. The molecule has 3 aromatic heterocycles. The standard InChI is InChI=1S/C23H22N6O/c1-17(19-4-6-20(7-5-19)21-9-12-24-13-10-21)28-23(30)26-16-18-3-8-22(25-15-18)29-14-2-11-27-29/h2-15,17H,16H2,1H3,(H2,26,28,30). The molecule has 0 bridgehead atoms. The number of nitrogens with one attached hydrogen (secondary N) is 2. The summed E-state index contributed by atoms with van der Waals surface area (Å²) in [4.78, 5) is 20.7. The van der Waals surface area contributed by atoms with Crippen molar-refractivity contribution in [2.45, 2.75) is 19.5 Å². The molecule has 0 saturated heterocycles. The van der Waals surface area contributed by atoms with Crippen LogP contribution in [0.4, 0.5) is 4.79 Å². The van der Waals surface area contributed by atoms with Crippen LogP contribution in [0.2, 0.25) is 0 Å². The second kappa shape index (κ2) is 9.00. The Hall–Kier alpha value is -4.00. The summed E-state index contributed by atoms with van der Waals surface area (Å²) in [6.07, 6.45) is 8.82. The van der Waals surface area contributed by atoms with Crippen LogP contribution in [0.25, 0.3) is 16.9 Å². The van der Waals surface area contributed by atoms with E-state index in [0.29, 0.717) is 6.54 Å². The van der Waals surface area contributed by atoms with Gasteiger partial charge in [0.15, 0.2) is 5.82 Å². The number of carbonyl (C=O) groups excluding carboxylic acids is 1. The average molecular weight is 398 g/mol. The molecule has 0 fully saturated rings. The zero-order valence-electron chi connectivity index (χ0n) is 16.6. The molecule has 150 valence electrons. The van der Waals surface area contributed by atoms with Crippen LogP contribution in [0.15, 0.2) is 85.6 Å². The van der Waals surface area contributed by atoms with Gasteiger partial charge < -0.3 is 10.6 Å². The number of amides is 2. The highest BCUT2D eigenvalue weighted by molar-refractivity contribution is 5.74. The maximum atomic E-state index is 12.3. The summed E-state index contributed by atoms with van der Waals surface area (Å²) in [7, 11) is 0. The fourth-order valence-corrected chi connectivity index (χ4v) is 3.08. The van der Waals surface area contributed by atoms with E-state index in [9.17, 15) is 4.79 Å². The number of pyridine rings is 2. The topological polar surface area (TPSA) is 84.7 Å². The van der Waals surface area contributed by atoms with Crippen LogP contribution < -0.4 is 10.6 Å². The third-order valence-electron chi connectivity index (χ3n) is 4.77. The highest BCUT2D eigenvalue weighted by Crippen LogP contribution is 2.21. The molecule has 3 heterocycles. The van der Waals surface area contributed by atoms with E-state index in [1.165, 1.54) is 0 Å². The Kier molecular flexibility index (Phi) is 5.80. The van der Waals surface area contributed by atoms with Gasteiger partial charge in [0, 0.05) is 37.5 Å². The number of aromatic nitrogens is 4. The molecule has 0 aliphatic heterocycles. The van der Waals surface area contributed by atoms with Gasteiger partial charge in [-0.15, -0.1) is 0 Å². The van der Waals surface area contributed by atoms with Gasteiger partial charge in [-0.2, -0.15) is 5.10 Å². The second-order valence-corrected chi connectivity index (χ2v) is 6.88. The molecule has 4 aromatic rings. The normalized spacial score (nSPS) is 11.6. The van der Waals surface area contributed by atoms with E-state index >= 15 is 0 Å². The van der Waals surface area contributed by atoms with E-state index in [2.05, 4.69) is 25.7 Å². The van der Waals surface area contributed by atoms with Crippen LogP contribution in [0.5, 0.6) is 0 Å². The van der Waals surface area contributed by atoms with Crippen molar-refractivity contribution in [2.75, 3.05) is 0 Å². The van der Waals surface area contributed by atoms with E-state index in [1.807, 2.05) is 67.7 Å². The van der Waals surface area contributed by atoms with Crippen molar-refractivity contribution in [1.29, 1.82) is 0 Å². The largest absolute Gasteiger partial charge is 0.334 e. The van der Waals surface area contributed by atoms with Gasteiger partial charge in [-0.05, 0) is 53.4 Å². The lowest BCUT2D eigenvalue weighted by atomic mass is 10.0. The van der Waals surface area contributed by atoms with Crippen molar-refractivity contribution < 1.29 is 4.79 Å². The molecule has 0 saturated carbocycles. The first kappa shape index (κ1) is 19.3. The summed E-state index contributed by atoms with van der Waals surface area (Å²) in [6.45, 7) is 2.35. The Balaban J connectivity index is 1.29. The second-order valence-electron chi connectivity index (χ2n) is 6.88. The Morgan fingerprint density at radius 3 is 2.43 bits per heavy atom. The molecule has 2 amide bonds. The lowest BCUT2D eigenvalue weighted by Crippen LogP contribution is -2.36. The molecule has 2 N–H and O–H groups in total. The fourth-order valence-electron chi connectivity index (χ4n) is 3.08. The molecule has 0 spiro atoms. The quantitative estimate of drug-likeness (QED) is 0.516. The van der Waals surface area contributed by atoms with Gasteiger partial charge >= 0.3 is 6.03 Å². The molecule has 30 heavy (non-hydrogen) atoms. The first-order valence-electron chi connectivity index (χ1n) is 9.69. The lowest BCUT2D eigenvalue weighted by molar-refractivity contribution is 0.237. The van der Waals surface area contributed by atoms with Gasteiger partial charge in [0.2, 0.25) is 0 Å². The van der Waals surface area contributed by atoms with Gasteiger partial charge in [-0.3, -0.25) is 4.98 Å². The summed E-state index contributed by atoms with van der Waals surface area (Å²) in [5, 5.41) is 9.98. The number of urea groups is 1. The van der Waals surface area contributed by atoms with Crippen LogP contribution in [0, 0.1) is 0 Å². The van der Waals surface area contributed by atoms with E-state index in [1.54, 1.807) is 29.5 Å². The molecule has 4 rings (SSSR count). The molecule has 0 radical (unpaired) electrons. The minimum atomic E-state index is -0.225. The molecular formula is C23H22N6O. The van der Waals surface area contributed by atoms with Crippen molar-refractivity contribution in [3.05, 3.63) is 96.7 Å². The zero-order valence-corrected chi connectivity index (χ0v) is 16.6. The monoisotopic (exact) mass is 398 g/mol. The third-order valence-corrected chi connectivity index (χ3v) is 4.77. The number of benzene rings is 1. The van der Waals surface area contributed by atoms with E-state index < -0.39 is 0 Å². The predicted octanol–water partition coefficient (Wildman–Crippen LogP) is 3.89. The number of rotatable bonds is 6. The van der Waals surface area contributed by atoms with Crippen molar-refractivity contribution in [3.8, 4) is 16.9 Å². The van der Waals surface area contributed by atoms with Crippen molar-refractivity contribution in [3.63, 3.8) is 0 Å². The highest BCUT2D eigenvalue weighted by atomic mass is 16.2. The Morgan fingerprint density at radius 2 is 1.77 bits per heavy atom. The number of hydrogen-bond acceptors (Lipinski definition) is 4. The summed E-state index contributed by atoms with van der Waals surface area (Å²) in [6, 6.07) is 17.4. The summed E-state index contributed by atoms with van der Waals surface area (Å²) in [5.74, 6) is 0.733. The van der Waals surface area contributed by atoms with Gasteiger partial charge in [0.05, 0.1) is 6.04 Å². The Bertz CT molecular complexity index is 1080. The van der Waals surface area contributed by atoms with Crippen molar-refractivity contribution >= 4 is 6.03 Å². The van der Waals surface area contributed by atoms with Gasteiger partial charge in [-0.1, -0.05) is 30.3 Å². The van der Waals surface area contributed by atoms with Gasteiger partial charge in [-0.25, -0.2) is 14.5 Å². The number of hydrogen-bond donors (Lipinski definition) is 2. The maximum Gasteiger partial charge on any atom is 0.315 e.